The Morgan fingerprint density at radius 1 is 1.03 bits per heavy atom. The van der Waals surface area contributed by atoms with Crippen LogP contribution in [0.4, 0.5) is 11.5 Å². The lowest BCUT2D eigenvalue weighted by Gasteiger charge is -2.33. The standard InChI is InChI=1S/C24H25N7/c1-15(2)17-8-4-5-10-20(17)31-11-18-16(3)7-6-9-19(18)29-21(31)12-30-14-28-22-23(25)26-13-27-24(22)30/h4-11,13-15,21H,12H2,1-3H3,(H2,25,26,27). The van der Waals surface area contributed by atoms with Gasteiger partial charge < -0.3 is 15.2 Å². The van der Waals surface area contributed by atoms with Crippen LogP contribution in [0.25, 0.3) is 17.4 Å². The van der Waals surface area contributed by atoms with Gasteiger partial charge in [-0.25, -0.2) is 15.0 Å². The summed E-state index contributed by atoms with van der Waals surface area (Å²) in [5, 5.41) is 2.15. The average molecular weight is 412 g/mol. The number of imidazole rings is 1. The van der Waals surface area contributed by atoms with Crippen LogP contribution in [0, 0.1) is 6.92 Å². The molecule has 1 aliphatic rings. The third-order valence-corrected chi connectivity index (χ3v) is 5.80. The molecule has 4 aromatic rings. The fraction of sp³-hybridized carbons (Fsp3) is 0.250. The van der Waals surface area contributed by atoms with Crippen molar-refractivity contribution in [2.75, 3.05) is 10.6 Å². The van der Waals surface area contributed by atoms with Gasteiger partial charge in [-0.2, -0.15) is 0 Å². The number of benzene rings is 2. The molecule has 2 N–H and O–H groups in total. The molecule has 7 nitrogen and oxygen atoms in total. The van der Waals surface area contributed by atoms with Crippen molar-refractivity contribution in [3.8, 4) is 0 Å². The molecule has 0 spiro atoms. The third-order valence-electron chi connectivity index (χ3n) is 5.80. The molecule has 3 heterocycles. The molecule has 0 radical (unpaired) electrons. The highest BCUT2D eigenvalue weighted by molar-refractivity contribution is 5.81. The lowest BCUT2D eigenvalue weighted by molar-refractivity contribution is 0.555. The number of nitrogens with two attached hydrogens (primary N) is 1. The van der Waals surface area contributed by atoms with E-state index in [-0.39, 0.29) is 6.17 Å². The summed E-state index contributed by atoms with van der Waals surface area (Å²) >= 11 is 0. The molecule has 0 saturated carbocycles. The van der Waals surface area contributed by atoms with Gasteiger partial charge in [-0.05, 0) is 36.1 Å². The molecular weight excluding hydrogens is 386 g/mol. The Labute approximate surface area is 180 Å². The molecule has 2 aromatic carbocycles. The normalized spacial score (nSPS) is 15.6. The predicted molar refractivity (Wildman–Crippen MR) is 123 cm³/mol. The van der Waals surface area contributed by atoms with Crippen LogP contribution in [-0.4, -0.2) is 25.7 Å². The van der Waals surface area contributed by atoms with Gasteiger partial charge in [0.15, 0.2) is 11.5 Å². The zero-order chi connectivity index (χ0) is 21.5. The van der Waals surface area contributed by atoms with Gasteiger partial charge in [-0.15, -0.1) is 0 Å². The number of fused-ring (bicyclic) bond motifs is 2. The Morgan fingerprint density at radius 2 is 1.87 bits per heavy atom. The first-order valence-corrected chi connectivity index (χ1v) is 10.5. The summed E-state index contributed by atoms with van der Waals surface area (Å²) in [4.78, 5) is 20.3. The number of rotatable bonds is 4. The molecule has 156 valence electrons. The van der Waals surface area contributed by atoms with Gasteiger partial charge in [-0.1, -0.05) is 44.2 Å². The van der Waals surface area contributed by atoms with Crippen LogP contribution >= 0.6 is 0 Å². The Balaban J connectivity index is 1.67. The summed E-state index contributed by atoms with van der Waals surface area (Å²) in [6.07, 6.45) is 5.32. The number of hydrogen-bond donors (Lipinski definition) is 1. The average Bonchev–Trinajstić information content (AvgIpc) is 3.18. The lowest BCUT2D eigenvalue weighted by atomic mass is 10.00. The first-order valence-electron chi connectivity index (χ1n) is 10.5. The molecule has 0 bridgehead atoms. The van der Waals surface area contributed by atoms with Crippen LogP contribution in [0.15, 0.2) is 60.1 Å². The van der Waals surface area contributed by atoms with Crippen molar-refractivity contribution >= 4 is 28.9 Å². The van der Waals surface area contributed by atoms with Crippen LogP contribution in [0.3, 0.4) is 0 Å². The Hall–Kier alpha value is -3.74. The minimum Gasteiger partial charge on any atom is -0.382 e. The molecule has 31 heavy (non-hydrogen) atoms. The van der Waals surface area contributed by atoms with E-state index >= 15 is 0 Å². The summed E-state index contributed by atoms with van der Waals surface area (Å²) in [6, 6.07) is 14.8. The zero-order valence-corrected chi connectivity index (χ0v) is 17.9. The summed E-state index contributed by atoms with van der Waals surface area (Å²) in [7, 11) is 0. The molecule has 1 aliphatic heterocycles. The Bertz CT molecular complexity index is 1390. The predicted octanol–water partition coefficient (Wildman–Crippen LogP) is 2.74. The Kier molecular flexibility index (Phi) is 4.66. The maximum Gasteiger partial charge on any atom is 0.165 e. The van der Waals surface area contributed by atoms with Crippen molar-refractivity contribution in [3.05, 3.63) is 76.8 Å². The second kappa shape index (κ2) is 7.50. The van der Waals surface area contributed by atoms with Gasteiger partial charge in [0.25, 0.3) is 0 Å². The van der Waals surface area contributed by atoms with E-state index in [1.807, 2.05) is 4.57 Å². The molecule has 1 unspecified atom stereocenters. The first-order chi connectivity index (χ1) is 15.0. The van der Waals surface area contributed by atoms with E-state index in [1.165, 1.54) is 23.1 Å². The number of para-hydroxylation sites is 1. The number of nitrogen functional groups attached to an aromatic ring is 1. The van der Waals surface area contributed by atoms with Crippen molar-refractivity contribution in [1.82, 2.24) is 19.5 Å². The number of anilines is 2. The van der Waals surface area contributed by atoms with E-state index in [0.29, 0.717) is 23.8 Å². The highest BCUT2D eigenvalue weighted by Gasteiger charge is 2.24. The van der Waals surface area contributed by atoms with Crippen molar-refractivity contribution in [2.45, 2.75) is 39.4 Å². The fourth-order valence-corrected chi connectivity index (χ4v) is 4.17. The van der Waals surface area contributed by atoms with Gasteiger partial charge in [0.2, 0.25) is 0 Å². The lowest BCUT2D eigenvalue weighted by Crippen LogP contribution is -2.45. The number of aryl methyl sites for hydroxylation is 1. The van der Waals surface area contributed by atoms with E-state index in [4.69, 9.17) is 10.7 Å². The van der Waals surface area contributed by atoms with Crippen molar-refractivity contribution < 1.29 is 0 Å². The van der Waals surface area contributed by atoms with E-state index in [1.54, 1.807) is 6.33 Å². The minimum absolute atomic E-state index is 0.150. The highest BCUT2D eigenvalue weighted by Crippen LogP contribution is 2.30. The number of hydrogen-bond acceptors (Lipinski definition) is 6. The van der Waals surface area contributed by atoms with Crippen LogP contribution in [-0.2, 0) is 6.54 Å². The number of aromatic nitrogens is 4. The number of nitrogens with zero attached hydrogens (tertiary/aromatic N) is 6. The van der Waals surface area contributed by atoms with Crippen LogP contribution < -0.4 is 21.2 Å². The molecule has 1 atom stereocenters. The maximum absolute atomic E-state index is 5.99. The monoisotopic (exact) mass is 411 g/mol. The second-order valence-corrected chi connectivity index (χ2v) is 8.20. The highest BCUT2D eigenvalue weighted by atomic mass is 15.3. The van der Waals surface area contributed by atoms with Crippen LogP contribution in [0.5, 0.6) is 0 Å². The van der Waals surface area contributed by atoms with Crippen molar-refractivity contribution in [2.24, 2.45) is 4.99 Å². The third kappa shape index (κ3) is 3.32. The van der Waals surface area contributed by atoms with E-state index in [0.717, 1.165) is 16.2 Å². The van der Waals surface area contributed by atoms with Crippen molar-refractivity contribution in [3.63, 3.8) is 0 Å². The maximum atomic E-state index is 5.99. The second-order valence-electron chi connectivity index (χ2n) is 8.20. The van der Waals surface area contributed by atoms with Gasteiger partial charge in [0.1, 0.15) is 18.0 Å². The zero-order valence-electron chi connectivity index (χ0n) is 17.9. The SMILES string of the molecule is Cc1cccc2c1=CN(c1ccccc1C(C)C)C(Cn1cnc3c(N)ncnc31)N=2. The molecule has 0 fully saturated rings. The van der Waals surface area contributed by atoms with Gasteiger partial charge in [0.05, 0.1) is 18.2 Å². The fourth-order valence-electron chi connectivity index (χ4n) is 4.17. The van der Waals surface area contributed by atoms with Crippen LogP contribution in [0.2, 0.25) is 0 Å². The largest absolute Gasteiger partial charge is 0.382 e. The molecule has 7 heteroatoms. The van der Waals surface area contributed by atoms with Gasteiger partial charge in [0, 0.05) is 17.1 Å². The summed E-state index contributed by atoms with van der Waals surface area (Å²) in [5.41, 5.74) is 11.0. The van der Waals surface area contributed by atoms with Gasteiger partial charge >= 0.3 is 0 Å². The van der Waals surface area contributed by atoms with E-state index < -0.39 is 0 Å². The molecule has 0 aliphatic carbocycles. The summed E-state index contributed by atoms with van der Waals surface area (Å²) in [5.74, 6) is 0.781. The molecule has 0 saturated heterocycles. The van der Waals surface area contributed by atoms with Gasteiger partial charge in [-0.3, -0.25) is 4.99 Å². The Morgan fingerprint density at radius 3 is 2.71 bits per heavy atom. The summed E-state index contributed by atoms with van der Waals surface area (Å²) in [6.45, 7) is 7.15. The summed E-state index contributed by atoms with van der Waals surface area (Å²) < 4.78 is 2.00. The van der Waals surface area contributed by atoms with Crippen LogP contribution in [0.1, 0.15) is 30.9 Å². The minimum atomic E-state index is -0.150. The topological polar surface area (TPSA) is 85.2 Å². The van der Waals surface area contributed by atoms with E-state index in [2.05, 4.69) is 89.3 Å². The quantitative estimate of drug-likeness (QED) is 0.558. The first kappa shape index (κ1) is 19.2. The van der Waals surface area contributed by atoms with Crippen molar-refractivity contribution in [1.29, 1.82) is 0 Å². The molecule has 2 aromatic heterocycles. The molecule has 0 amide bonds. The molecular formula is C24H25N7. The smallest absolute Gasteiger partial charge is 0.165 e. The van der Waals surface area contributed by atoms with E-state index in [9.17, 15) is 0 Å². The molecule has 5 rings (SSSR count).